The third-order valence-corrected chi connectivity index (χ3v) is 5.54. The quantitative estimate of drug-likeness (QED) is 0.0431. The molecule has 0 bridgehead atoms. The second kappa shape index (κ2) is 16.5. The van der Waals surface area contributed by atoms with Gasteiger partial charge in [0.2, 0.25) is 17.7 Å². The Kier molecular flexibility index (Phi) is 15.1. The van der Waals surface area contributed by atoms with E-state index in [1.807, 2.05) is 0 Å². The van der Waals surface area contributed by atoms with Gasteiger partial charge in [-0.2, -0.15) is 12.6 Å². The summed E-state index contributed by atoms with van der Waals surface area (Å²) in [7, 11) is 0. The van der Waals surface area contributed by atoms with Crippen LogP contribution in [0, 0.1) is 5.92 Å². The number of carbonyl (C=O) groups excluding carboxylic acids is 3. The van der Waals surface area contributed by atoms with E-state index in [4.69, 9.17) is 22.3 Å². The van der Waals surface area contributed by atoms with Crippen molar-refractivity contribution in [1.29, 1.82) is 0 Å². The number of carboxylic acids is 2. The summed E-state index contributed by atoms with van der Waals surface area (Å²) < 4.78 is 0. The summed E-state index contributed by atoms with van der Waals surface area (Å²) >= 11 is 4.04. The van der Waals surface area contributed by atoms with Crippen LogP contribution >= 0.6 is 12.6 Å². The zero-order chi connectivity index (χ0) is 27.1. The molecule has 5 unspecified atom stereocenters. The Morgan fingerprint density at radius 2 is 1.51 bits per heavy atom. The second-order valence-electron chi connectivity index (χ2n) is 8.00. The van der Waals surface area contributed by atoms with Gasteiger partial charge in [-0.1, -0.05) is 20.3 Å². The van der Waals surface area contributed by atoms with Crippen LogP contribution in [-0.2, 0) is 24.0 Å². The van der Waals surface area contributed by atoms with Crippen LogP contribution in [0.25, 0.3) is 0 Å². The SMILES string of the molecule is CCC(C)C(NC(=O)C(CS)NC(=O)C(CCC(=O)O)NC(=O)C(N)CCCN=C(N)N)C(=O)O. The molecule has 0 radical (unpaired) electrons. The van der Waals surface area contributed by atoms with Crippen LogP contribution in [0.5, 0.6) is 0 Å². The average molecular weight is 520 g/mol. The third kappa shape index (κ3) is 12.8. The van der Waals surface area contributed by atoms with Crippen LogP contribution in [0.4, 0.5) is 0 Å². The Hall–Kier alpha value is -3.07. The van der Waals surface area contributed by atoms with Crippen molar-refractivity contribution in [3.63, 3.8) is 0 Å². The summed E-state index contributed by atoms with van der Waals surface area (Å²) in [6.45, 7) is 3.68. The van der Waals surface area contributed by atoms with Crippen molar-refractivity contribution in [2.75, 3.05) is 12.3 Å². The number of aliphatic imine (C=N–C) groups is 1. The molecule has 0 aliphatic rings. The lowest BCUT2D eigenvalue weighted by Crippen LogP contribution is -2.58. The number of nitrogens with zero attached hydrogens (tertiary/aromatic N) is 1. The van der Waals surface area contributed by atoms with E-state index < -0.39 is 60.2 Å². The van der Waals surface area contributed by atoms with Gasteiger partial charge in [-0.3, -0.25) is 24.2 Å². The first-order chi connectivity index (χ1) is 16.3. The van der Waals surface area contributed by atoms with E-state index in [2.05, 4.69) is 33.6 Å². The maximum atomic E-state index is 12.8. The predicted molar refractivity (Wildman–Crippen MR) is 131 cm³/mol. The smallest absolute Gasteiger partial charge is 0.326 e. The Morgan fingerprint density at radius 1 is 0.943 bits per heavy atom. The van der Waals surface area contributed by atoms with Gasteiger partial charge in [-0.15, -0.1) is 0 Å². The molecule has 11 N–H and O–H groups in total. The van der Waals surface area contributed by atoms with Crippen LogP contribution in [0.2, 0.25) is 0 Å². The molecule has 0 heterocycles. The molecule has 0 aromatic rings. The lowest BCUT2D eigenvalue weighted by molar-refractivity contribution is -0.143. The number of amides is 3. The van der Waals surface area contributed by atoms with Gasteiger partial charge in [0.05, 0.1) is 6.04 Å². The average Bonchev–Trinajstić information content (AvgIpc) is 2.79. The Balaban J connectivity index is 5.27. The van der Waals surface area contributed by atoms with E-state index in [0.29, 0.717) is 12.8 Å². The zero-order valence-corrected chi connectivity index (χ0v) is 20.8. The number of nitrogens with two attached hydrogens (primary N) is 3. The van der Waals surface area contributed by atoms with Crippen molar-refractivity contribution in [1.82, 2.24) is 16.0 Å². The normalized spacial score (nSPS) is 15.0. The topological polar surface area (TPSA) is 252 Å². The first-order valence-corrected chi connectivity index (χ1v) is 11.7. The molecule has 35 heavy (non-hydrogen) atoms. The fourth-order valence-electron chi connectivity index (χ4n) is 2.87. The van der Waals surface area contributed by atoms with Gasteiger partial charge in [-0.05, 0) is 25.2 Å². The van der Waals surface area contributed by atoms with E-state index in [9.17, 15) is 29.1 Å². The number of guanidine groups is 1. The molecule has 15 heteroatoms. The highest BCUT2D eigenvalue weighted by Crippen LogP contribution is 2.09. The predicted octanol–water partition coefficient (Wildman–Crippen LogP) is -2.25. The van der Waals surface area contributed by atoms with Crippen LogP contribution in [0.1, 0.15) is 46.0 Å². The van der Waals surface area contributed by atoms with Gasteiger partial charge in [0.25, 0.3) is 0 Å². The number of hydrogen-bond acceptors (Lipinski definition) is 8. The van der Waals surface area contributed by atoms with Crippen molar-refractivity contribution in [2.45, 2.75) is 70.1 Å². The maximum absolute atomic E-state index is 12.8. The van der Waals surface area contributed by atoms with Gasteiger partial charge in [0, 0.05) is 18.7 Å². The first-order valence-electron chi connectivity index (χ1n) is 11.1. The molecular weight excluding hydrogens is 482 g/mol. The summed E-state index contributed by atoms with van der Waals surface area (Å²) in [4.78, 5) is 64.1. The van der Waals surface area contributed by atoms with Crippen LogP contribution in [0.3, 0.4) is 0 Å². The lowest BCUT2D eigenvalue weighted by Gasteiger charge is -2.25. The van der Waals surface area contributed by atoms with Crippen molar-refractivity contribution in [2.24, 2.45) is 28.1 Å². The Labute approximate surface area is 209 Å². The highest BCUT2D eigenvalue weighted by molar-refractivity contribution is 7.80. The van der Waals surface area contributed by atoms with Gasteiger partial charge in [0.15, 0.2) is 5.96 Å². The number of rotatable bonds is 17. The fraction of sp³-hybridized carbons (Fsp3) is 0.700. The number of aliphatic carboxylic acids is 2. The molecule has 0 saturated heterocycles. The van der Waals surface area contributed by atoms with Crippen molar-refractivity contribution in [3.05, 3.63) is 0 Å². The molecule has 0 aromatic carbocycles. The van der Waals surface area contributed by atoms with Gasteiger partial charge < -0.3 is 43.4 Å². The summed E-state index contributed by atoms with van der Waals surface area (Å²) in [6, 6.07) is -4.72. The van der Waals surface area contributed by atoms with E-state index in [1.165, 1.54) is 0 Å². The molecule has 200 valence electrons. The second-order valence-corrected chi connectivity index (χ2v) is 8.37. The number of thiol groups is 1. The molecule has 5 atom stereocenters. The lowest BCUT2D eigenvalue weighted by atomic mass is 9.99. The highest BCUT2D eigenvalue weighted by Gasteiger charge is 2.31. The molecule has 0 aliphatic heterocycles. The zero-order valence-electron chi connectivity index (χ0n) is 19.9. The standard InChI is InChI=1S/C20H37N7O7S/c1-3-10(2)15(19(33)34)27-18(32)13(9-35)26-17(31)12(6-7-14(28)29)25-16(30)11(21)5-4-8-24-20(22)23/h10-13,15,35H,3-9,21H2,1-2H3,(H,25,30)(H,26,31)(H,27,32)(H,28,29)(H,33,34)(H4,22,23,24). The van der Waals surface area contributed by atoms with E-state index >= 15 is 0 Å². The third-order valence-electron chi connectivity index (χ3n) is 5.18. The minimum atomic E-state index is -1.30. The fourth-order valence-corrected chi connectivity index (χ4v) is 3.13. The van der Waals surface area contributed by atoms with Crippen LogP contribution in [0.15, 0.2) is 4.99 Å². The molecule has 0 spiro atoms. The summed E-state index contributed by atoms with van der Waals surface area (Å²) in [6.07, 6.45) is 0.375. The molecule has 0 aromatic heterocycles. The van der Waals surface area contributed by atoms with E-state index in [-0.39, 0.29) is 37.0 Å². The monoisotopic (exact) mass is 519 g/mol. The number of carboxylic acid groups (broad SMARTS) is 2. The summed E-state index contributed by atoms with van der Waals surface area (Å²) in [5.41, 5.74) is 16.3. The molecule has 0 saturated carbocycles. The minimum absolute atomic E-state index is 0.102. The maximum Gasteiger partial charge on any atom is 0.326 e. The Morgan fingerprint density at radius 3 is 2.00 bits per heavy atom. The van der Waals surface area contributed by atoms with E-state index in [0.717, 1.165) is 0 Å². The van der Waals surface area contributed by atoms with Gasteiger partial charge >= 0.3 is 11.9 Å². The molecular formula is C20H37N7O7S. The van der Waals surface area contributed by atoms with Crippen molar-refractivity contribution in [3.8, 4) is 0 Å². The number of carbonyl (C=O) groups is 5. The molecule has 0 fully saturated rings. The first kappa shape index (κ1) is 31.9. The van der Waals surface area contributed by atoms with Gasteiger partial charge in [0.1, 0.15) is 18.1 Å². The van der Waals surface area contributed by atoms with Crippen molar-refractivity contribution >= 4 is 48.2 Å². The summed E-state index contributed by atoms with van der Waals surface area (Å²) in [5, 5.41) is 25.5. The highest BCUT2D eigenvalue weighted by atomic mass is 32.1. The largest absolute Gasteiger partial charge is 0.481 e. The van der Waals surface area contributed by atoms with Crippen LogP contribution in [-0.4, -0.2) is 82.3 Å². The van der Waals surface area contributed by atoms with Crippen molar-refractivity contribution < 1.29 is 34.2 Å². The molecule has 0 aliphatic carbocycles. The van der Waals surface area contributed by atoms with E-state index in [1.54, 1.807) is 13.8 Å². The Bertz CT molecular complexity index is 777. The minimum Gasteiger partial charge on any atom is -0.481 e. The molecule has 14 nitrogen and oxygen atoms in total. The van der Waals surface area contributed by atoms with Gasteiger partial charge in [-0.25, -0.2) is 4.79 Å². The summed E-state index contributed by atoms with van der Waals surface area (Å²) in [5.74, 6) is -5.38. The number of nitrogens with one attached hydrogen (secondary N) is 3. The molecule has 0 rings (SSSR count). The number of hydrogen-bond donors (Lipinski definition) is 9. The van der Waals surface area contributed by atoms with Crippen LogP contribution < -0.4 is 33.2 Å². The molecule has 3 amide bonds.